The van der Waals surface area contributed by atoms with Crippen LogP contribution in [0.15, 0.2) is 24.3 Å². The molecule has 0 heterocycles. The first-order valence-electron chi connectivity index (χ1n) is 8.73. The second-order valence-electron chi connectivity index (χ2n) is 6.53. The van der Waals surface area contributed by atoms with Crippen LogP contribution in [0.3, 0.4) is 0 Å². The first-order valence-corrected chi connectivity index (χ1v) is 8.73. The van der Waals surface area contributed by atoms with Crippen molar-refractivity contribution in [3.8, 4) is 0 Å². The highest BCUT2D eigenvalue weighted by atomic mass is 16.2. The van der Waals surface area contributed by atoms with Crippen molar-refractivity contribution in [3.05, 3.63) is 29.8 Å². The fraction of sp³-hybridized carbons (Fsp3) is 0.579. The number of rotatable bonds is 7. The predicted molar refractivity (Wildman–Crippen MR) is 93.3 cm³/mol. The van der Waals surface area contributed by atoms with E-state index in [1.165, 1.54) is 12.8 Å². The number of hydrogen-bond acceptors (Lipinski definition) is 2. The van der Waals surface area contributed by atoms with E-state index >= 15 is 0 Å². The van der Waals surface area contributed by atoms with Crippen molar-refractivity contribution in [2.24, 2.45) is 5.92 Å². The average Bonchev–Trinajstić information content (AvgIpc) is 3.02. The number of aryl methyl sites for hydroxylation is 1. The highest BCUT2D eigenvalue weighted by molar-refractivity contribution is 5.95. The van der Waals surface area contributed by atoms with Crippen LogP contribution in [-0.4, -0.2) is 29.8 Å². The van der Waals surface area contributed by atoms with Crippen molar-refractivity contribution < 1.29 is 9.59 Å². The van der Waals surface area contributed by atoms with Crippen LogP contribution in [0.5, 0.6) is 0 Å². The van der Waals surface area contributed by atoms with Gasteiger partial charge in [-0.05, 0) is 43.7 Å². The Morgan fingerprint density at radius 3 is 2.57 bits per heavy atom. The van der Waals surface area contributed by atoms with Gasteiger partial charge in [-0.25, -0.2) is 0 Å². The van der Waals surface area contributed by atoms with Crippen molar-refractivity contribution in [2.75, 3.05) is 18.4 Å². The van der Waals surface area contributed by atoms with Crippen LogP contribution in [-0.2, 0) is 9.59 Å². The van der Waals surface area contributed by atoms with E-state index in [9.17, 15) is 9.59 Å². The highest BCUT2D eigenvalue weighted by Gasteiger charge is 2.23. The van der Waals surface area contributed by atoms with E-state index < -0.39 is 0 Å². The Labute approximate surface area is 139 Å². The standard InChI is InChI=1S/C19H28N2O2/c1-3-12-21(19(23)13-16-9-5-6-10-16)14-18(22)20-17-11-7-4-8-15(17)2/h4,7-8,11,16H,3,5-6,9-10,12-14H2,1-2H3,(H,20,22). The van der Waals surface area contributed by atoms with Gasteiger partial charge in [-0.2, -0.15) is 0 Å². The van der Waals surface area contributed by atoms with Gasteiger partial charge in [0.2, 0.25) is 11.8 Å². The third-order valence-electron chi connectivity index (χ3n) is 4.54. The van der Waals surface area contributed by atoms with Crippen LogP contribution in [0, 0.1) is 12.8 Å². The molecule has 0 unspecified atom stereocenters. The van der Waals surface area contributed by atoms with Crippen molar-refractivity contribution in [1.29, 1.82) is 0 Å². The van der Waals surface area contributed by atoms with Gasteiger partial charge in [0.15, 0.2) is 0 Å². The maximum Gasteiger partial charge on any atom is 0.244 e. The fourth-order valence-electron chi connectivity index (χ4n) is 3.23. The Kier molecular flexibility index (Phi) is 6.63. The number of amides is 2. The zero-order valence-corrected chi connectivity index (χ0v) is 14.3. The van der Waals surface area contributed by atoms with Crippen molar-refractivity contribution in [2.45, 2.75) is 52.4 Å². The van der Waals surface area contributed by atoms with Gasteiger partial charge >= 0.3 is 0 Å². The SMILES string of the molecule is CCCN(CC(=O)Nc1ccccc1C)C(=O)CC1CCCC1. The molecule has 1 aliphatic rings. The molecule has 0 aromatic heterocycles. The van der Waals surface area contributed by atoms with Gasteiger partial charge in [0, 0.05) is 18.7 Å². The maximum atomic E-state index is 12.5. The summed E-state index contributed by atoms with van der Waals surface area (Å²) in [7, 11) is 0. The Hall–Kier alpha value is -1.84. The van der Waals surface area contributed by atoms with Gasteiger partial charge < -0.3 is 10.2 Å². The predicted octanol–water partition coefficient (Wildman–Crippen LogP) is 3.75. The van der Waals surface area contributed by atoms with E-state index in [2.05, 4.69) is 5.32 Å². The van der Waals surface area contributed by atoms with Crippen LogP contribution in [0.4, 0.5) is 5.69 Å². The zero-order chi connectivity index (χ0) is 16.7. The molecule has 0 spiro atoms. The third kappa shape index (κ3) is 5.38. The molecule has 4 nitrogen and oxygen atoms in total. The molecule has 0 aliphatic heterocycles. The Morgan fingerprint density at radius 2 is 1.91 bits per heavy atom. The van der Waals surface area contributed by atoms with E-state index in [-0.39, 0.29) is 18.4 Å². The zero-order valence-electron chi connectivity index (χ0n) is 14.3. The van der Waals surface area contributed by atoms with Gasteiger partial charge in [0.1, 0.15) is 0 Å². The minimum Gasteiger partial charge on any atom is -0.333 e. The van der Waals surface area contributed by atoms with Crippen molar-refractivity contribution >= 4 is 17.5 Å². The van der Waals surface area contributed by atoms with Gasteiger partial charge in [-0.15, -0.1) is 0 Å². The molecule has 23 heavy (non-hydrogen) atoms. The summed E-state index contributed by atoms with van der Waals surface area (Å²) < 4.78 is 0. The fourth-order valence-corrected chi connectivity index (χ4v) is 3.23. The lowest BCUT2D eigenvalue weighted by Crippen LogP contribution is -2.39. The maximum absolute atomic E-state index is 12.5. The number of carbonyl (C=O) groups excluding carboxylic acids is 2. The molecular formula is C19H28N2O2. The van der Waals surface area contributed by atoms with Crippen LogP contribution in [0.1, 0.15) is 51.0 Å². The van der Waals surface area contributed by atoms with Crippen LogP contribution >= 0.6 is 0 Å². The van der Waals surface area contributed by atoms with Crippen LogP contribution in [0.25, 0.3) is 0 Å². The highest BCUT2D eigenvalue weighted by Crippen LogP contribution is 2.28. The summed E-state index contributed by atoms with van der Waals surface area (Å²) in [5.74, 6) is 0.521. The number of para-hydroxylation sites is 1. The second kappa shape index (κ2) is 8.70. The first-order chi connectivity index (χ1) is 11.1. The quantitative estimate of drug-likeness (QED) is 0.833. The molecule has 1 fully saturated rings. The molecule has 0 radical (unpaired) electrons. The van der Waals surface area contributed by atoms with Gasteiger partial charge in [-0.3, -0.25) is 9.59 Å². The minimum atomic E-state index is -0.118. The van der Waals surface area contributed by atoms with Crippen LogP contribution in [0.2, 0.25) is 0 Å². The lowest BCUT2D eigenvalue weighted by molar-refractivity contribution is -0.135. The molecule has 1 aromatic carbocycles. The summed E-state index contributed by atoms with van der Waals surface area (Å²) in [6, 6.07) is 7.69. The van der Waals surface area contributed by atoms with E-state index in [0.717, 1.165) is 30.5 Å². The van der Waals surface area contributed by atoms with Crippen molar-refractivity contribution in [3.63, 3.8) is 0 Å². The number of nitrogens with zero attached hydrogens (tertiary/aromatic N) is 1. The monoisotopic (exact) mass is 316 g/mol. The molecule has 0 atom stereocenters. The van der Waals surface area contributed by atoms with Gasteiger partial charge in [0.05, 0.1) is 6.54 Å². The second-order valence-corrected chi connectivity index (χ2v) is 6.53. The molecule has 2 amide bonds. The molecule has 1 N–H and O–H groups in total. The molecule has 126 valence electrons. The Balaban J connectivity index is 1.90. The number of nitrogens with one attached hydrogen (secondary N) is 1. The van der Waals surface area contributed by atoms with Crippen molar-refractivity contribution in [1.82, 2.24) is 4.90 Å². The molecule has 2 rings (SSSR count). The Morgan fingerprint density at radius 1 is 1.22 bits per heavy atom. The van der Waals surface area contributed by atoms with Gasteiger partial charge in [-0.1, -0.05) is 38.0 Å². The molecule has 1 saturated carbocycles. The summed E-state index contributed by atoms with van der Waals surface area (Å²) in [4.78, 5) is 26.5. The third-order valence-corrected chi connectivity index (χ3v) is 4.54. The summed E-state index contributed by atoms with van der Waals surface area (Å²) >= 11 is 0. The minimum absolute atomic E-state index is 0.118. The van der Waals surface area contributed by atoms with Crippen LogP contribution < -0.4 is 5.32 Å². The topological polar surface area (TPSA) is 49.4 Å². The number of hydrogen-bond donors (Lipinski definition) is 1. The largest absolute Gasteiger partial charge is 0.333 e. The smallest absolute Gasteiger partial charge is 0.244 e. The molecule has 0 saturated heterocycles. The molecule has 0 bridgehead atoms. The summed E-state index contributed by atoms with van der Waals surface area (Å²) in [6.07, 6.45) is 6.24. The van der Waals surface area contributed by atoms with E-state index in [0.29, 0.717) is 18.9 Å². The molecule has 1 aromatic rings. The number of benzene rings is 1. The molecule has 4 heteroatoms. The van der Waals surface area contributed by atoms with Gasteiger partial charge in [0.25, 0.3) is 0 Å². The summed E-state index contributed by atoms with van der Waals surface area (Å²) in [6.45, 7) is 4.79. The number of anilines is 1. The molecule has 1 aliphatic carbocycles. The summed E-state index contributed by atoms with van der Waals surface area (Å²) in [5, 5.41) is 2.91. The normalized spacial score (nSPS) is 14.7. The Bertz CT molecular complexity index is 536. The van der Waals surface area contributed by atoms with E-state index in [1.807, 2.05) is 38.1 Å². The van der Waals surface area contributed by atoms with E-state index in [1.54, 1.807) is 4.90 Å². The summed E-state index contributed by atoms with van der Waals surface area (Å²) in [5.41, 5.74) is 1.84. The molecular weight excluding hydrogens is 288 g/mol. The average molecular weight is 316 g/mol. The number of carbonyl (C=O) groups is 2. The first kappa shape index (κ1) is 17.5. The van der Waals surface area contributed by atoms with E-state index in [4.69, 9.17) is 0 Å². The lowest BCUT2D eigenvalue weighted by Gasteiger charge is -2.23. The lowest BCUT2D eigenvalue weighted by atomic mass is 10.0.